The Hall–Kier alpha value is -2.37. The summed E-state index contributed by atoms with van der Waals surface area (Å²) in [5.74, 6) is 1.46. The van der Waals surface area contributed by atoms with Gasteiger partial charge in [0.25, 0.3) is 0 Å². The van der Waals surface area contributed by atoms with E-state index >= 15 is 0 Å². The van der Waals surface area contributed by atoms with Gasteiger partial charge in [0, 0.05) is 5.92 Å². The van der Waals surface area contributed by atoms with E-state index in [2.05, 4.69) is 21.3 Å². The molecule has 0 saturated carbocycles. The van der Waals surface area contributed by atoms with E-state index in [4.69, 9.17) is 16.6 Å². The van der Waals surface area contributed by atoms with E-state index in [1.165, 1.54) is 0 Å². The second-order valence-corrected chi connectivity index (χ2v) is 7.12. The monoisotopic (exact) mass is 368 g/mol. The van der Waals surface area contributed by atoms with Gasteiger partial charge in [-0.05, 0) is 50.2 Å². The van der Waals surface area contributed by atoms with Crippen LogP contribution in [-0.2, 0) is 4.79 Å². The molecular weight excluding hydrogens is 348 g/mol. The van der Waals surface area contributed by atoms with Crippen molar-refractivity contribution in [2.45, 2.75) is 18.8 Å². The Balaban J connectivity index is 1.32. The summed E-state index contributed by atoms with van der Waals surface area (Å²) in [5.41, 5.74) is 2.77. The number of carbonyl (C=O) groups excluding carboxylic acids is 1. The van der Waals surface area contributed by atoms with Crippen LogP contribution in [0.4, 0.5) is 5.69 Å². The Morgan fingerprint density at radius 1 is 1.15 bits per heavy atom. The molecule has 26 heavy (non-hydrogen) atoms. The van der Waals surface area contributed by atoms with Crippen LogP contribution in [-0.4, -0.2) is 40.4 Å². The van der Waals surface area contributed by atoms with Crippen LogP contribution in [0.25, 0.3) is 11.0 Å². The van der Waals surface area contributed by atoms with Crippen LogP contribution in [0.15, 0.2) is 48.5 Å². The Kier molecular flexibility index (Phi) is 4.91. The summed E-state index contributed by atoms with van der Waals surface area (Å²) in [6.45, 7) is 2.16. The van der Waals surface area contributed by atoms with Gasteiger partial charge in [-0.25, -0.2) is 4.98 Å². The number of para-hydroxylation sites is 3. The maximum atomic E-state index is 12.3. The quantitative estimate of drug-likeness (QED) is 0.730. The molecule has 0 radical (unpaired) electrons. The fourth-order valence-electron chi connectivity index (χ4n) is 3.49. The number of aromatic amines is 1. The lowest BCUT2D eigenvalue weighted by Gasteiger charge is -2.30. The molecule has 1 aliphatic rings. The molecule has 0 atom stereocenters. The van der Waals surface area contributed by atoms with Crippen molar-refractivity contribution in [3.05, 3.63) is 59.4 Å². The Labute approximate surface area is 157 Å². The molecule has 5 nitrogen and oxygen atoms in total. The minimum atomic E-state index is -0.0275. The average molecular weight is 369 g/mol. The van der Waals surface area contributed by atoms with Gasteiger partial charge in [0.1, 0.15) is 5.82 Å². The number of piperidine rings is 1. The number of carbonyl (C=O) groups is 1. The maximum Gasteiger partial charge on any atom is 0.238 e. The predicted molar refractivity (Wildman–Crippen MR) is 105 cm³/mol. The van der Waals surface area contributed by atoms with Gasteiger partial charge in [-0.2, -0.15) is 0 Å². The zero-order valence-corrected chi connectivity index (χ0v) is 15.2. The van der Waals surface area contributed by atoms with Crippen molar-refractivity contribution in [2.24, 2.45) is 0 Å². The minimum absolute atomic E-state index is 0.0275. The molecule has 0 aliphatic carbocycles. The summed E-state index contributed by atoms with van der Waals surface area (Å²) < 4.78 is 0. The minimum Gasteiger partial charge on any atom is -0.342 e. The first kappa shape index (κ1) is 17.1. The molecule has 1 amide bonds. The molecule has 0 unspecified atom stereocenters. The third-order valence-electron chi connectivity index (χ3n) is 4.90. The lowest BCUT2D eigenvalue weighted by molar-refractivity contribution is -0.117. The van der Waals surface area contributed by atoms with Crippen molar-refractivity contribution >= 4 is 34.2 Å². The smallest absolute Gasteiger partial charge is 0.238 e. The number of hydrogen-bond donors (Lipinski definition) is 2. The van der Waals surface area contributed by atoms with Crippen LogP contribution in [0.1, 0.15) is 24.6 Å². The molecule has 2 N–H and O–H groups in total. The second kappa shape index (κ2) is 7.48. The number of aromatic nitrogens is 2. The lowest BCUT2D eigenvalue weighted by atomic mass is 9.96. The largest absolute Gasteiger partial charge is 0.342 e. The number of hydrogen-bond acceptors (Lipinski definition) is 3. The summed E-state index contributed by atoms with van der Waals surface area (Å²) in [5, 5.41) is 3.45. The van der Waals surface area contributed by atoms with Crippen LogP contribution in [0.2, 0.25) is 5.02 Å². The number of halogens is 1. The zero-order valence-electron chi connectivity index (χ0n) is 14.4. The molecule has 2 aromatic carbocycles. The predicted octanol–water partition coefficient (Wildman–Crippen LogP) is 4.03. The topological polar surface area (TPSA) is 61.0 Å². The third kappa shape index (κ3) is 3.74. The first-order valence-corrected chi connectivity index (χ1v) is 9.28. The first-order chi connectivity index (χ1) is 12.7. The summed E-state index contributed by atoms with van der Waals surface area (Å²) in [6, 6.07) is 15.4. The molecule has 2 heterocycles. The van der Waals surface area contributed by atoms with Gasteiger partial charge in [0.05, 0.1) is 28.3 Å². The molecule has 3 aromatic rings. The standard InChI is InChI=1S/C20H21ClN4O/c21-15-5-1-2-6-16(15)22-19(26)13-25-11-9-14(10-12-25)20-23-17-7-3-4-8-18(17)24-20/h1-8,14H,9-13H2,(H,22,26)(H,23,24). The van der Waals surface area contributed by atoms with E-state index in [1.54, 1.807) is 6.07 Å². The summed E-state index contributed by atoms with van der Waals surface area (Å²) in [7, 11) is 0. The highest BCUT2D eigenvalue weighted by atomic mass is 35.5. The number of rotatable bonds is 4. The van der Waals surface area contributed by atoms with Crippen molar-refractivity contribution in [1.82, 2.24) is 14.9 Å². The number of likely N-dealkylation sites (tertiary alicyclic amines) is 1. The van der Waals surface area contributed by atoms with E-state index < -0.39 is 0 Å². The number of anilines is 1. The molecule has 1 aliphatic heterocycles. The summed E-state index contributed by atoms with van der Waals surface area (Å²) in [6.07, 6.45) is 2.00. The van der Waals surface area contributed by atoms with Crippen LogP contribution in [0.5, 0.6) is 0 Å². The number of benzene rings is 2. The highest BCUT2D eigenvalue weighted by molar-refractivity contribution is 6.33. The highest BCUT2D eigenvalue weighted by Gasteiger charge is 2.24. The third-order valence-corrected chi connectivity index (χ3v) is 5.23. The summed E-state index contributed by atoms with van der Waals surface area (Å²) in [4.78, 5) is 22.6. The first-order valence-electron chi connectivity index (χ1n) is 8.90. The number of H-pyrrole nitrogens is 1. The molecule has 134 valence electrons. The van der Waals surface area contributed by atoms with Gasteiger partial charge in [-0.1, -0.05) is 35.9 Å². The highest BCUT2D eigenvalue weighted by Crippen LogP contribution is 2.27. The molecule has 4 rings (SSSR count). The van der Waals surface area contributed by atoms with E-state index in [0.29, 0.717) is 23.2 Å². The molecule has 1 fully saturated rings. The van der Waals surface area contributed by atoms with Crippen molar-refractivity contribution in [1.29, 1.82) is 0 Å². The average Bonchev–Trinajstić information content (AvgIpc) is 3.08. The van der Waals surface area contributed by atoms with Crippen LogP contribution in [0, 0.1) is 0 Å². The van der Waals surface area contributed by atoms with Crippen molar-refractivity contribution < 1.29 is 4.79 Å². The van der Waals surface area contributed by atoms with Crippen molar-refractivity contribution in [3.63, 3.8) is 0 Å². The number of fused-ring (bicyclic) bond motifs is 1. The van der Waals surface area contributed by atoms with E-state index in [-0.39, 0.29) is 5.91 Å². The van der Waals surface area contributed by atoms with E-state index in [9.17, 15) is 4.79 Å². The maximum absolute atomic E-state index is 12.3. The van der Waals surface area contributed by atoms with Crippen molar-refractivity contribution in [3.8, 4) is 0 Å². The van der Waals surface area contributed by atoms with Crippen LogP contribution in [0.3, 0.4) is 0 Å². The van der Waals surface area contributed by atoms with E-state index in [0.717, 1.165) is 42.8 Å². The van der Waals surface area contributed by atoms with Gasteiger partial charge in [0.2, 0.25) is 5.91 Å². The number of nitrogens with zero attached hydrogens (tertiary/aromatic N) is 2. The second-order valence-electron chi connectivity index (χ2n) is 6.72. The number of imidazole rings is 1. The van der Waals surface area contributed by atoms with E-state index in [1.807, 2.05) is 36.4 Å². The van der Waals surface area contributed by atoms with Gasteiger partial charge >= 0.3 is 0 Å². The number of nitrogens with one attached hydrogen (secondary N) is 2. The normalized spacial score (nSPS) is 16.0. The number of amides is 1. The summed E-state index contributed by atoms with van der Waals surface area (Å²) >= 11 is 6.09. The van der Waals surface area contributed by atoms with Crippen LogP contribution >= 0.6 is 11.6 Å². The van der Waals surface area contributed by atoms with Gasteiger partial charge in [0.15, 0.2) is 0 Å². The van der Waals surface area contributed by atoms with Gasteiger partial charge < -0.3 is 10.3 Å². The fourth-order valence-corrected chi connectivity index (χ4v) is 3.67. The zero-order chi connectivity index (χ0) is 17.9. The van der Waals surface area contributed by atoms with Crippen molar-refractivity contribution in [2.75, 3.05) is 25.0 Å². The van der Waals surface area contributed by atoms with Crippen LogP contribution < -0.4 is 5.32 Å². The Morgan fingerprint density at radius 2 is 1.88 bits per heavy atom. The molecule has 0 spiro atoms. The molecule has 0 bridgehead atoms. The molecule has 1 aromatic heterocycles. The molecule has 6 heteroatoms. The molecular formula is C20H21ClN4O. The van der Waals surface area contributed by atoms with Gasteiger partial charge in [-0.15, -0.1) is 0 Å². The SMILES string of the molecule is O=C(CN1CCC(c2nc3ccccc3[nH]2)CC1)Nc1ccccc1Cl. The van der Waals surface area contributed by atoms with Gasteiger partial charge in [-0.3, -0.25) is 9.69 Å². The lowest BCUT2D eigenvalue weighted by Crippen LogP contribution is -2.38. The Bertz CT molecular complexity index is 882. The fraction of sp³-hybridized carbons (Fsp3) is 0.300. The Morgan fingerprint density at radius 3 is 2.65 bits per heavy atom. The molecule has 1 saturated heterocycles.